The van der Waals surface area contributed by atoms with E-state index in [1.54, 1.807) is 0 Å². The summed E-state index contributed by atoms with van der Waals surface area (Å²) in [5.41, 5.74) is 12.0. The van der Waals surface area contributed by atoms with Crippen molar-refractivity contribution in [3.8, 4) is 0 Å². The van der Waals surface area contributed by atoms with Crippen LogP contribution in [0.3, 0.4) is 0 Å². The molecule has 2 fully saturated rings. The van der Waals surface area contributed by atoms with E-state index in [1.165, 1.54) is 36.8 Å². The van der Waals surface area contributed by atoms with Crippen molar-refractivity contribution in [2.75, 3.05) is 12.3 Å². The predicted molar refractivity (Wildman–Crippen MR) is 75.1 cm³/mol. The van der Waals surface area contributed by atoms with E-state index in [1.807, 2.05) is 6.20 Å². The third-order valence-corrected chi connectivity index (χ3v) is 4.26. The highest BCUT2D eigenvalue weighted by atomic mass is 15.5. The molecule has 3 aliphatic rings. The molecule has 0 radical (unpaired) electrons. The van der Waals surface area contributed by atoms with Crippen LogP contribution in [-0.2, 0) is 0 Å². The van der Waals surface area contributed by atoms with Crippen LogP contribution < -0.4 is 11.2 Å². The second-order valence-corrected chi connectivity index (χ2v) is 6.06. The van der Waals surface area contributed by atoms with Crippen LogP contribution in [0.2, 0.25) is 0 Å². The lowest BCUT2D eigenvalue weighted by atomic mass is 10.1. The summed E-state index contributed by atoms with van der Waals surface area (Å²) >= 11 is 0. The number of anilines is 1. The van der Waals surface area contributed by atoms with E-state index in [4.69, 9.17) is 5.73 Å². The maximum Gasteiger partial charge on any atom is 0.126 e. The van der Waals surface area contributed by atoms with Crippen LogP contribution in [0.15, 0.2) is 24.5 Å². The molecule has 2 saturated carbocycles. The summed E-state index contributed by atoms with van der Waals surface area (Å²) < 4.78 is 0. The zero-order valence-electron chi connectivity index (χ0n) is 11.0. The highest BCUT2D eigenvalue weighted by Crippen LogP contribution is 2.43. The van der Waals surface area contributed by atoms with Crippen molar-refractivity contribution in [2.24, 2.45) is 5.92 Å². The summed E-state index contributed by atoms with van der Waals surface area (Å²) in [6.45, 7) is 1.13. The Morgan fingerprint density at radius 3 is 2.89 bits per heavy atom. The minimum Gasteiger partial charge on any atom is -0.383 e. The van der Waals surface area contributed by atoms with Crippen molar-refractivity contribution in [2.45, 2.75) is 37.6 Å². The Bertz CT molecular complexity index is 517. The minimum absolute atomic E-state index is 0.254. The fourth-order valence-electron chi connectivity index (χ4n) is 2.73. The van der Waals surface area contributed by atoms with Gasteiger partial charge in [-0.05, 0) is 60.8 Å². The van der Waals surface area contributed by atoms with Gasteiger partial charge in [0.1, 0.15) is 5.82 Å². The van der Waals surface area contributed by atoms with E-state index in [0.29, 0.717) is 11.7 Å². The molecule has 1 aromatic rings. The van der Waals surface area contributed by atoms with Gasteiger partial charge in [0.05, 0.1) is 6.04 Å². The molecule has 1 unspecified atom stereocenters. The Hall–Kier alpha value is -1.55. The van der Waals surface area contributed by atoms with Crippen LogP contribution in [-0.4, -0.2) is 16.5 Å². The first-order valence-electron chi connectivity index (χ1n) is 7.26. The van der Waals surface area contributed by atoms with Gasteiger partial charge in [-0.1, -0.05) is 0 Å². The molecule has 2 heterocycles. The van der Waals surface area contributed by atoms with Crippen molar-refractivity contribution in [3.05, 3.63) is 35.7 Å². The molecule has 19 heavy (non-hydrogen) atoms. The summed E-state index contributed by atoms with van der Waals surface area (Å²) in [5, 5.41) is 2.22. The molecule has 4 rings (SSSR count). The third kappa shape index (κ3) is 2.32. The summed E-state index contributed by atoms with van der Waals surface area (Å²) in [5.74, 6) is 2.26. The van der Waals surface area contributed by atoms with Gasteiger partial charge in [0, 0.05) is 18.9 Å². The highest BCUT2D eigenvalue weighted by molar-refractivity contribution is 5.46. The molecule has 0 bridgehead atoms. The second-order valence-electron chi connectivity index (χ2n) is 6.06. The minimum atomic E-state index is 0.254. The van der Waals surface area contributed by atoms with Gasteiger partial charge < -0.3 is 10.7 Å². The lowest BCUT2D eigenvalue weighted by molar-refractivity contribution is 0.265. The maximum absolute atomic E-state index is 5.97. The Morgan fingerprint density at radius 2 is 2.16 bits per heavy atom. The number of nitrogen functional groups attached to an aromatic ring is 1. The van der Waals surface area contributed by atoms with Crippen molar-refractivity contribution in [3.63, 3.8) is 0 Å². The van der Waals surface area contributed by atoms with Gasteiger partial charge in [0.2, 0.25) is 0 Å². The SMILES string of the molecule is Nc1ncc(C2C=CN(CC3CC3)N2)cc1C1CC1. The average molecular weight is 256 g/mol. The first-order chi connectivity index (χ1) is 9.29. The van der Waals surface area contributed by atoms with Gasteiger partial charge in [0.25, 0.3) is 0 Å². The number of hydrazine groups is 1. The highest BCUT2D eigenvalue weighted by Gasteiger charge is 2.29. The Morgan fingerprint density at radius 1 is 1.32 bits per heavy atom. The Balaban J connectivity index is 1.50. The molecule has 0 spiro atoms. The summed E-state index contributed by atoms with van der Waals surface area (Å²) in [4.78, 5) is 4.37. The molecule has 0 aromatic carbocycles. The number of hydrogen-bond donors (Lipinski definition) is 2. The molecule has 1 atom stereocenters. The quantitative estimate of drug-likeness (QED) is 0.868. The summed E-state index contributed by atoms with van der Waals surface area (Å²) in [6.07, 6.45) is 11.6. The van der Waals surface area contributed by atoms with E-state index in [-0.39, 0.29) is 6.04 Å². The van der Waals surface area contributed by atoms with Crippen LogP contribution in [0.5, 0.6) is 0 Å². The number of aromatic nitrogens is 1. The largest absolute Gasteiger partial charge is 0.383 e. The molecule has 100 valence electrons. The van der Waals surface area contributed by atoms with Gasteiger partial charge in [-0.3, -0.25) is 0 Å². The van der Waals surface area contributed by atoms with Crippen molar-refractivity contribution < 1.29 is 0 Å². The van der Waals surface area contributed by atoms with Crippen LogP contribution in [0, 0.1) is 5.92 Å². The van der Waals surface area contributed by atoms with Crippen molar-refractivity contribution in [1.29, 1.82) is 0 Å². The molecule has 3 N–H and O–H groups in total. The van der Waals surface area contributed by atoms with Gasteiger partial charge >= 0.3 is 0 Å². The smallest absolute Gasteiger partial charge is 0.126 e. The molecule has 2 aliphatic carbocycles. The lowest BCUT2D eigenvalue weighted by Gasteiger charge is -2.20. The van der Waals surface area contributed by atoms with Crippen molar-refractivity contribution in [1.82, 2.24) is 15.4 Å². The normalized spacial score (nSPS) is 26.1. The molecule has 4 heteroatoms. The van der Waals surface area contributed by atoms with E-state index in [9.17, 15) is 0 Å². The topological polar surface area (TPSA) is 54.2 Å². The van der Waals surface area contributed by atoms with Crippen LogP contribution >= 0.6 is 0 Å². The summed E-state index contributed by atoms with van der Waals surface area (Å²) in [6, 6.07) is 2.49. The molecule has 0 amide bonds. The number of pyridine rings is 1. The average Bonchev–Trinajstić information content (AvgIpc) is 3.30. The lowest BCUT2D eigenvalue weighted by Crippen LogP contribution is -2.32. The number of nitrogens with two attached hydrogens (primary N) is 1. The molecule has 1 aliphatic heterocycles. The molecule has 0 saturated heterocycles. The number of hydrogen-bond acceptors (Lipinski definition) is 4. The Labute approximate surface area is 113 Å². The second kappa shape index (κ2) is 4.23. The molecule has 4 nitrogen and oxygen atoms in total. The fourth-order valence-corrected chi connectivity index (χ4v) is 2.73. The number of nitrogens with zero attached hydrogens (tertiary/aromatic N) is 2. The predicted octanol–water partition coefficient (Wildman–Crippen LogP) is 2.33. The van der Waals surface area contributed by atoms with Gasteiger partial charge in [-0.15, -0.1) is 0 Å². The van der Waals surface area contributed by atoms with E-state index in [0.717, 1.165) is 12.5 Å². The maximum atomic E-state index is 5.97. The van der Waals surface area contributed by atoms with E-state index >= 15 is 0 Å². The fraction of sp³-hybridized carbons (Fsp3) is 0.533. The van der Waals surface area contributed by atoms with Gasteiger partial charge in [-0.2, -0.15) is 0 Å². The van der Waals surface area contributed by atoms with E-state index in [2.05, 4.69) is 33.8 Å². The van der Waals surface area contributed by atoms with Gasteiger partial charge in [0.15, 0.2) is 0 Å². The van der Waals surface area contributed by atoms with Crippen LogP contribution in [0.1, 0.15) is 48.8 Å². The van der Waals surface area contributed by atoms with Gasteiger partial charge in [-0.25, -0.2) is 10.4 Å². The number of rotatable bonds is 4. The zero-order valence-corrected chi connectivity index (χ0v) is 11.0. The Kier molecular flexibility index (Phi) is 2.52. The monoisotopic (exact) mass is 256 g/mol. The van der Waals surface area contributed by atoms with Crippen molar-refractivity contribution >= 4 is 5.82 Å². The van der Waals surface area contributed by atoms with E-state index < -0.39 is 0 Å². The first-order valence-corrected chi connectivity index (χ1v) is 7.26. The molecular formula is C15H20N4. The molecular weight excluding hydrogens is 236 g/mol. The zero-order chi connectivity index (χ0) is 12.8. The van der Waals surface area contributed by atoms with Crippen LogP contribution in [0.4, 0.5) is 5.82 Å². The third-order valence-electron chi connectivity index (χ3n) is 4.26. The first kappa shape index (κ1) is 11.3. The standard InChI is InChI=1S/C15H20N4/c16-15-13(11-3-4-11)7-12(8-17-15)14-5-6-19(18-14)9-10-1-2-10/h5-8,10-11,14,18H,1-4,9H2,(H2,16,17). The summed E-state index contributed by atoms with van der Waals surface area (Å²) in [7, 11) is 0. The number of nitrogens with one attached hydrogen (secondary N) is 1. The molecule has 1 aromatic heterocycles. The van der Waals surface area contributed by atoms with Crippen LogP contribution in [0.25, 0.3) is 0 Å².